The van der Waals surface area contributed by atoms with Crippen molar-refractivity contribution in [1.29, 1.82) is 0 Å². The molecule has 66 valence electrons. The molecular weight excluding hydrogens is 199 g/mol. The highest BCUT2D eigenvalue weighted by Gasteiger charge is 2.07. The fourth-order valence-corrected chi connectivity index (χ4v) is 1.29. The summed E-state index contributed by atoms with van der Waals surface area (Å²) in [5.41, 5.74) is 5.83. The lowest BCUT2D eigenvalue weighted by atomic mass is 10.1. The van der Waals surface area contributed by atoms with Crippen LogP contribution in [0, 0.1) is 0 Å². The number of aliphatic hydroxyl groups excluding tert-OH is 1. The van der Waals surface area contributed by atoms with Crippen LogP contribution in [0.1, 0.15) is 11.7 Å². The maximum Gasteiger partial charge on any atom is 0.131 e. The van der Waals surface area contributed by atoms with E-state index in [1.165, 1.54) is 12.1 Å². The molecule has 0 fully saturated rings. The maximum atomic E-state index is 9.31. The van der Waals surface area contributed by atoms with Gasteiger partial charge in [-0.15, -0.1) is 0 Å². The third kappa shape index (κ3) is 2.32. The Hall–Kier alpha value is -0.350. The van der Waals surface area contributed by atoms with E-state index in [0.29, 0.717) is 5.56 Å². The Morgan fingerprint density at radius 1 is 1.42 bits per heavy atom. The minimum Gasteiger partial charge on any atom is -0.387 e. The number of nitrogens with zero attached hydrogens (tertiary/aromatic N) is 1. The summed E-state index contributed by atoms with van der Waals surface area (Å²) < 4.78 is 0. The number of nitrogens with two attached hydrogens (primary N) is 1. The SMILES string of the molecule is NC[C@@H](O)c1cc(Cl)nc(Cl)c1. The van der Waals surface area contributed by atoms with Gasteiger partial charge >= 0.3 is 0 Å². The molecule has 0 aliphatic rings. The smallest absolute Gasteiger partial charge is 0.131 e. The maximum absolute atomic E-state index is 9.31. The van der Waals surface area contributed by atoms with E-state index in [1.807, 2.05) is 0 Å². The normalized spacial score (nSPS) is 13.0. The summed E-state index contributed by atoms with van der Waals surface area (Å²) in [5.74, 6) is 0. The van der Waals surface area contributed by atoms with Gasteiger partial charge in [-0.1, -0.05) is 23.2 Å². The van der Waals surface area contributed by atoms with Crippen molar-refractivity contribution in [2.45, 2.75) is 6.10 Å². The number of rotatable bonds is 2. The van der Waals surface area contributed by atoms with Gasteiger partial charge in [0.15, 0.2) is 0 Å². The van der Waals surface area contributed by atoms with Crippen LogP contribution in [-0.2, 0) is 0 Å². The van der Waals surface area contributed by atoms with Crippen LogP contribution in [0.5, 0.6) is 0 Å². The molecule has 0 unspecified atom stereocenters. The van der Waals surface area contributed by atoms with E-state index in [0.717, 1.165) is 0 Å². The van der Waals surface area contributed by atoms with Crippen molar-refractivity contribution in [1.82, 2.24) is 4.98 Å². The third-order valence-corrected chi connectivity index (χ3v) is 1.78. The van der Waals surface area contributed by atoms with Gasteiger partial charge in [0, 0.05) is 6.54 Å². The lowest BCUT2D eigenvalue weighted by Gasteiger charge is -2.07. The van der Waals surface area contributed by atoms with Crippen molar-refractivity contribution in [3.8, 4) is 0 Å². The highest BCUT2D eigenvalue weighted by Crippen LogP contribution is 2.19. The molecule has 1 aromatic rings. The fraction of sp³-hybridized carbons (Fsp3) is 0.286. The molecule has 1 rings (SSSR count). The van der Waals surface area contributed by atoms with E-state index in [-0.39, 0.29) is 16.9 Å². The van der Waals surface area contributed by atoms with E-state index in [4.69, 9.17) is 28.9 Å². The molecule has 0 saturated heterocycles. The largest absolute Gasteiger partial charge is 0.387 e. The Morgan fingerprint density at radius 3 is 2.33 bits per heavy atom. The van der Waals surface area contributed by atoms with Crippen molar-refractivity contribution in [2.75, 3.05) is 6.54 Å². The van der Waals surface area contributed by atoms with Crippen LogP contribution in [0.2, 0.25) is 10.3 Å². The number of aliphatic hydroxyl groups is 1. The fourth-order valence-electron chi connectivity index (χ4n) is 0.812. The van der Waals surface area contributed by atoms with E-state index < -0.39 is 6.10 Å². The van der Waals surface area contributed by atoms with Gasteiger partial charge in [-0.25, -0.2) is 4.98 Å². The van der Waals surface area contributed by atoms with Crippen molar-refractivity contribution < 1.29 is 5.11 Å². The highest BCUT2D eigenvalue weighted by atomic mass is 35.5. The van der Waals surface area contributed by atoms with Crippen LogP contribution in [0.25, 0.3) is 0 Å². The quantitative estimate of drug-likeness (QED) is 0.720. The molecule has 1 aromatic heterocycles. The van der Waals surface area contributed by atoms with Gasteiger partial charge < -0.3 is 10.8 Å². The molecule has 0 spiro atoms. The second-order valence-corrected chi connectivity index (χ2v) is 3.07. The van der Waals surface area contributed by atoms with Gasteiger partial charge in [-0.2, -0.15) is 0 Å². The topological polar surface area (TPSA) is 59.1 Å². The van der Waals surface area contributed by atoms with Gasteiger partial charge in [-0.3, -0.25) is 0 Å². The second-order valence-electron chi connectivity index (χ2n) is 2.30. The summed E-state index contributed by atoms with van der Waals surface area (Å²) in [5, 5.41) is 9.82. The zero-order chi connectivity index (χ0) is 9.14. The summed E-state index contributed by atoms with van der Waals surface area (Å²) in [6.07, 6.45) is -0.733. The standard InChI is InChI=1S/C7H8Cl2N2O/c8-6-1-4(5(12)3-10)2-7(9)11-6/h1-2,5,12H,3,10H2/t5-/m1/s1. The number of halogens is 2. The Kier molecular flexibility index (Phi) is 3.29. The number of pyridine rings is 1. The average Bonchev–Trinajstić information content (AvgIpc) is 2.01. The highest BCUT2D eigenvalue weighted by molar-refractivity contribution is 6.32. The Balaban J connectivity index is 3.00. The zero-order valence-corrected chi connectivity index (χ0v) is 7.68. The number of hydrogen-bond donors (Lipinski definition) is 2. The van der Waals surface area contributed by atoms with Gasteiger partial charge in [0.2, 0.25) is 0 Å². The first-order valence-electron chi connectivity index (χ1n) is 3.34. The first-order valence-corrected chi connectivity index (χ1v) is 4.10. The molecule has 5 heteroatoms. The Labute approximate surface area is 80.1 Å². The van der Waals surface area contributed by atoms with E-state index in [9.17, 15) is 5.11 Å². The van der Waals surface area contributed by atoms with Crippen LogP contribution in [-0.4, -0.2) is 16.6 Å². The zero-order valence-electron chi connectivity index (χ0n) is 6.17. The minimum absolute atomic E-state index is 0.136. The lowest BCUT2D eigenvalue weighted by molar-refractivity contribution is 0.186. The minimum atomic E-state index is -0.733. The van der Waals surface area contributed by atoms with E-state index in [2.05, 4.69) is 4.98 Å². The van der Waals surface area contributed by atoms with Crippen molar-refractivity contribution >= 4 is 23.2 Å². The first-order chi connectivity index (χ1) is 5.63. The number of hydrogen-bond acceptors (Lipinski definition) is 3. The predicted molar refractivity (Wildman–Crippen MR) is 48.3 cm³/mol. The molecule has 0 saturated carbocycles. The van der Waals surface area contributed by atoms with Crippen molar-refractivity contribution in [2.24, 2.45) is 5.73 Å². The van der Waals surface area contributed by atoms with Crippen LogP contribution in [0.4, 0.5) is 0 Å². The molecule has 3 nitrogen and oxygen atoms in total. The second kappa shape index (κ2) is 4.05. The van der Waals surface area contributed by atoms with Gasteiger partial charge in [-0.05, 0) is 17.7 Å². The number of aromatic nitrogens is 1. The van der Waals surface area contributed by atoms with E-state index in [1.54, 1.807) is 0 Å². The summed E-state index contributed by atoms with van der Waals surface area (Å²) in [6.45, 7) is 0.136. The molecule has 0 bridgehead atoms. The molecular formula is C7H8Cl2N2O. The van der Waals surface area contributed by atoms with E-state index >= 15 is 0 Å². The Bertz CT molecular complexity index is 260. The third-order valence-electron chi connectivity index (χ3n) is 1.39. The monoisotopic (exact) mass is 206 g/mol. The summed E-state index contributed by atoms with van der Waals surface area (Å²) in [6, 6.07) is 3.07. The molecule has 0 aromatic carbocycles. The summed E-state index contributed by atoms with van der Waals surface area (Å²) in [4.78, 5) is 3.73. The first kappa shape index (κ1) is 9.74. The lowest BCUT2D eigenvalue weighted by Crippen LogP contribution is -2.11. The molecule has 0 aliphatic carbocycles. The molecule has 0 amide bonds. The Morgan fingerprint density at radius 2 is 1.92 bits per heavy atom. The molecule has 12 heavy (non-hydrogen) atoms. The molecule has 0 radical (unpaired) electrons. The van der Waals surface area contributed by atoms with Gasteiger partial charge in [0.25, 0.3) is 0 Å². The van der Waals surface area contributed by atoms with Crippen LogP contribution < -0.4 is 5.73 Å². The predicted octanol–water partition coefficient (Wildman–Crippen LogP) is 1.38. The van der Waals surface area contributed by atoms with Crippen molar-refractivity contribution in [3.63, 3.8) is 0 Å². The average molecular weight is 207 g/mol. The van der Waals surface area contributed by atoms with Gasteiger partial charge in [0.1, 0.15) is 10.3 Å². The molecule has 1 heterocycles. The summed E-state index contributed by atoms with van der Waals surface area (Å²) in [7, 11) is 0. The molecule has 1 atom stereocenters. The van der Waals surface area contributed by atoms with Crippen LogP contribution >= 0.6 is 23.2 Å². The molecule has 3 N–H and O–H groups in total. The van der Waals surface area contributed by atoms with Crippen LogP contribution in [0.15, 0.2) is 12.1 Å². The van der Waals surface area contributed by atoms with Crippen molar-refractivity contribution in [3.05, 3.63) is 28.0 Å². The van der Waals surface area contributed by atoms with Gasteiger partial charge in [0.05, 0.1) is 6.10 Å². The molecule has 0 aliphatic heterocycles. The van der Waals surface area contributed by atoms with Crippen LogP contribution in [0.3, 0.4) is 0 Å². The summed E-state index contributed by atoms with van der Waals surface area (Å²) >= 11 is 11.2.